The average molecular weight is 167 g/mol. The van der Waals surface area contributed by atoms with Crippen LogP contribution in [0.25, 0.3) is 0 Å². The van der Waals surface area contributed by atoms with E-state index in [1.807, 2.05) is 0 Å². The highest BCUT2D eigenvalue weighted by Gasteiger charge is 2.28. The van der Waals surface area contributed by atoms with E-state index in [9.17, 15) is 13.2 Å². The maximum Gasteiger partial charge on any atom is 0.425 e. The third-order valence-electron chi connectivity index (χ3n) is 1.20. The summed E-state index contributed by atoms with van der Waals surface area (Å²) in [6, 6.07) is 0. The standard InChI is InChI=1S/C6H8F3NO/c7-6(8,9)4-11-10-3-5-1-2-5/h3,5H,1-2,4H2. The molecule has 0 atom stereocenters. The molecule has 1 aliphatic rings. The first-order chi connectivity index (χ1) is 5.08. The molecule has 0 unspecified atom stereocenters. The molecular formula is C6H8F3NO. The van der Waals surface area contributed by atoms with Crippen molar-refractivity contribution in [2.24, 2.45) is 11.1 Å². The second-order valence-corrected chi connectivity index (χ2v) is 2.48. The number of hydrogen-bond acceptors (Lipinski definition) is 2. The molecule has 1 aliphatic carbocycles. The van der Waals surface area contributed by atoms with Gasteiger partial charge in [-0.25, -0.2) is 0 Å². The van der Waals surface area contributed by atoms with Crippen molar-refractivity contribution in [3.8, 4) is 0 Å². The van der Waals surface area contributed by atoms with E-state index in [0.717, 1.165) is 12.8 Å². The predicted molar refractivity (Wildman–Crippen MR) is 33.2 cm³/mol. The van der Waals surface area contributed by atoms with Gasteiger partial charge in [-0.15, -0.1) is 0 Å². The van der Waals surface area contributed by atoms with Crippen molar-refractivity contribution in [1.82, 2.24) is 0 Å². The second kappa shape index (κ2) is 3.11. The summed E-state index contributed by atoms with van der Waals surface area (Å²) in [5.74, 6) is 0.350. The molecule has 0 aliphatic heterocycles. The fourth-order valence-corrected chi connectivity index (χ4v) is 0.485. The van der Waals surface area contributed by atoms with E-state index in [0.29, 0.717) is 5.92 Å². The Labute approximate surface area is 62.0 Å². The lowest BCUT2D eigenvalue weighted by molar-refractivity contribution is -0.173. The normalized spacial score (nSPS) is 19.2. The predicted octanol–water partition coefficient (Wildman–Crippen LogP) is 1.96. The van der Waals surface area contributed by atoms with Crippen molar-refractivity contribution in [2.45, 2.75) is 19.0 Å². The number of halogens is 3. The molecule has 5 heteroatoms. The van der Waals surface area contributed by atoms with Crippen molar-refractivity contribution in [3.63, 3.8) is 0 Å². The van der Waals surface area contributed by atoms with Crippen LogP contribution < -0.4 is 0 Å². The highest BCUT2D eigenvalue weighted by molar-refractivity contribution is 5.62. The second-order valence-electron chi connectivity index (χ2n) is 2.48. The smallest absolute Gasteiger partial charge is 0.386 e. The molecule has 0 spiro atoms. The van der Waals surface area contributed by atoms with Crippen LogP contribution in [0.3, 0.4) is 0 Å². The Balaban J connectivity index is 2.02. The van der Waals surface area contributed by atoms with Crippen LogP contribution in [-0.4, -0.2) is 19.0 Å². The molecule has 0 aromatic carbocycles. The molecular weight excluding hydrogens is 159 g/mol. The van der Waals surface area contributed by atoms with Gasteiger partial charge in [-0.1, -0.05) is 5.16 Å². The van der Waals surface area contributed by atoms with Crippen molar-refractivity contribution >= 4 is 6.21 Å². The van der Waals surface area contributed by atoms with Crippen LogP contribution >= 0.6 is 0 Å². The summed E-state index contributed by atoms with van der Waals surface area (Å²) < 4.78 is 34.2. The topological polar surface area (TPSA) is 21.6 Å². The van der Waals surface area contributed by atoms with Crippen molar-refractivity contribution in [1.29, 1.82) is 0 Å². The first-order valence-electron chi connectivity index (χ1n) is 3.30. The fraction of sp³-hybridized carbons (Fsp3) is 0.833. The lowest BCUT2D eigenvalue weighted by Gasteiger charge is -2.02. The lowest BCUT2D eigenvalue weighted by atomic mass is 10.5. The first-order valence-corrected chi connectivity index (χ1v) is 3.30. The molecule has 0 radical (unpaired) electrons. The third kappa shape index (κ3) is 4.64. The van der Waals surface area contributed by atoms with Crippen molar-refractivity contribution < 1.29 is 18.0 Å². The lowest BCUT2D eigenvalue weighted by Crippen LogP contribution is -2.14. The molecule has 64 valence electrons. The van der Waals surface area contributed by atoms with Gasteiger partial charge in [0.25, 0.3) is 0 Å². The SMILES string of the molecule is FC(F)(F)CON=CC1CC1. The van der Waals surface area contributed by atoms with E-state index < -0.39 is 12.8 Å². The van der Waals surface area contributed by atoms with Gasteiger partial charge in [-0.2, -0.15) is 13.2 Å². The largest absolute Gasteiger partial charge is 0.425 e. The molecule has 1 saturated carbocycles. The zero-order chi connectivity index (χ0) is 8.32. The van der Waals surface area contributed by atoms with Crippen LogP contribution in [0, 0.1) is 5.92 Å². The van der Waals surface area contributed by atoms with Crippen LogP contribution in [-0.2, 0) is 4.84 Å². The Hall–Kier alpha value is -0.740. The summed E-state index contributed by atoms with van der Waals surface area (Å²) in [6.07, 6.45) is -0.829. The minimum Gasteiger partial charge on any atom is -0.386 e. The molecule has 11 heavy (non-hydrogen) atoms. The van der Waals surface area contributed by atoms with Gasteiger partial charge in [0.05, 0.1) is 0 Å². The van der Waals surface area contributed by atoms with Gasteiger partial charge in [-0.3, -0.25) is 0 Å². The number of nitrogens with zero attached hydrogens (tertiary/aromatic N) is 1. The Morgan fingerprint density at radius 1 is 1.45 bits per heavy atom. The maximum atomic E-state index is 11.4. The summed E-state index contributed by atoms with van der Waals surface area (Å²) >= 11 is 0. The maximum absolute atomic E-state index is 11.4. The Kier molecular flexibility index (Phi) is 2.36. The summed E-state index contributed by atoms with van der Waals surface area (Å²) in [4.78, 5) is 3.99. The average Bonchev–Trinajstić information content (AvgIpc) is 2.60. The van der Waals surface area contributed by atoms with E-state index in [-0.39, 0.29) is 0 Å². The van der Waals surface area contributed by atoms with Gasteiger partial charge in [0.2, 0.25) is 6.61 Å². The highest BCUT2D eigenvalue weighted by Crippen LogP contribution is 2.26. The zero-order valence-corrected chi connectivity index (χ0v) is 5.77. The molecule has 0 amide bonds. The first kappa shape index (κ1) is 8.36. The molecule has 0 saturated heterocycles. The molecule has 0 bridgehead atoms. The van der Waals surface area contributed by atoms with Crippen LogP contribution in [0.15, 0.2) is 5.16 Å². The minimum atomic E-state index is -4.28. The molecule has 0 aromatic heterocycles. The summed E-state index contributed by atoms with van der Waals surface area (Å²) in [6.45, 7) is -1.30. The van der Waals surface area contributed by atoms with E-state index in [1.165, 1.54) is 6.21 Å². The van der Waals surface area contributed by atoms with Crippen LogP contribution in [0.5, 0.6) is 0 Å². The van der Waals surface area contributed by atoms with Crippen LogP contribution in [0.2, 0.25) is 0 Å². The van der Waals surface area contributed by atoms with Gasteiger partial charge < -0.3 is 4.84 Å². The van der Waals surface area contributed by atoms with Gasteiger partial charge in [0, 0.05) is 6.21 Å². The Bertz CT molecular complexity index is 150. The minimum absolute atomic E-state index is 0.350. The molecule has 0 N–H and O–H groups in total. The van der Waals surface area contributed by atoms with Gasteiger partial charge >= 0.3 is 6.18 Å². The zero-order valence-electron chi connectivity index (χ0n) is 5.77. The Morgan fingerprint density at radius 2 is 2.09 bits per heavy atom. The number of rotatable bonds is 3. The van der Waals surface area contributed by atoms with Crippen molar-refractivity contribution in [2.75, 3.05) is 6.61 Å². The molecule has 2 nitrogen and oxygen atoms in total. The fourth-order valence-electron chi connectivity index (χ4n) is 0.485. The van der Waals surface area contributed by atoms with E-state index in [2.05, 4.69) is 9.99 Å². The number of hydrogen-bond donors (Lipinski definition) is 0. The van der Waals surface area contributed by atoms with Gasteiger partial charge in [0.1, 0.15) is 0 Å². The highest BCUT2D eigenvalue weighted by atomic mass is 19.4. The number of alkyl halides is 3. The molecule has 1 rings (SSSR count). The van der Waals surface area contributed by atoms with Crippen molar-refractivity contribution in [3.05, 3.63) is 0 Å². The molecule has 1 fully saturated rings. The van der Waals surface area contributed by atoms with Crippen LogP contribution in [0.1, 0.15) is 12.8 Å². The summed E-state index contributed by atoms with van der Waals surface area (Å²) in [7, 11) is 0. The van der Waals surface area contributed by atoms with Gasteiger partial charge in [-0.05, 0) is 18.8 Å². The molecule has 0 heterocycles. The van der Waals surface area contributed by atoms with E-state index >= 15 is 0 Å². The summed E-state index contributed by atoms with van der Waals surface area (Å²) in [5.41, 5.74) is 0. The summed E-state index contributed by atoms with van der Waals surface area (Å²) in [5, 5.41) is 3.17. The quantitative estimate of drug-likeness (QED) is 0.465. The number of oxime groups is 1. The third-order valence-corrected chi connectivity index (χ3v) is 1.20. The van der Waals surface area contributed by atoms with Crippen LogP contribution in [0.4, 0.5) is 13.2 Å². The van der Waals surface area contributed by atoms with Gasteiger partial charge in [0.15, 0.2) is 0 Å². The van der Waals surface area contributed by atoms with E-state index in [4.69, 9.17) is 0 Å². The monoisotopic (exact) mass is 167 g/mol. The molecule has 0 aromatic rings. The van der Waals surface area contributed by atoms with E-state index in [1.54, 1.807) is 0 Å². The Morgan fingerprint density at radius 3 is 2.55 bits per heavy atom.